The number of rotatable bonds is 39. The van der Waals surface area contributed by atoms with Crippen LogP contribution in [0.1, 0.15) is 110 Å². The van der Waals surface area contributed by atoms with Gasteiger partial charge in [0.1, 0.15) is 5.54 Å². The molecule has 322 valence electrons. The predicted octanol–water partition coefficient (Wildman–Crippen LogP) is 0.509. The van der Waals surface area contributed by atoms with Gasteiger partial charge >= 0.3 is 0 Å². The second kappa shape index (κ2) is 36.7. The number of unbranched alkanes of at least 4 members (excludes halogenated alkanes) is 7. The molecule has 0 bridgehead atoms. The third-order valence-corrected chi connectivity index (χ3v) is 8.62. The van der Waals surface area contributed by atoms with Gasteiger partial charge in [0.05, 0.1) is 45.7 Å². The van der Waals surface area contributed by atoms with Crippen molar-refractivity contribution in [1.82, 2.24) is 26.6 Å². The second-order valence-electron chi connectivity index (χ2n) is 13.9. The van der Waals surface area contributed by atoms with Crippen molar-refractivity contribution in [2.24, 2.45) is 17.2 Å². The van der Waals surface area contributed by atoms with Crippen molar-refractivity contribution in [3.05, 3.63) is 0 Å². The van der Waals surface area contributed by atoms with Crippen LogP contribution in [-0.4, -0.2) is 134 Å². The van der Waals surface area contributed by atoms with E-state index in [-0.39, 0.29) is 101 Å². The van der Waals surface area contributed by atoms with Crippen molar-refractivity contribution in [3.63, 3.8) is 0 Å². The summed E-state index contributed by atoms with van der Waals surface area (Å²) in [5.74, 6) is -0.666. The number of methoxy groups -OCH3 is 1. The van der Waals surface area contributed by atoms with E-state index in [1.807, 2.05) is 6.92 Å². The molecular formula is C38H76N8O9. The Morgan fingerprint density at radius 2 is 0.836 bits per heavy atom. The lowest BCUT2D eigenvalue weighted by Gasteiger charge is -2.34. The Bertz CT molecular complexity index is 935. The third kappa shape index (κ3) is 33.0. The van der Waals surface area contributed by atoms with Crippen molar-refractivity contribution in [3.8, 4) is 0 Å². The summed E-state index contributed by atoms with van der Waals surface area (Å²) in [7, 11) is 1.62. The lowest BCUT2D eigenvalue weighted by Crippen LogP contribution is -2.58. The topological polar surface area (TPSA) is 260 Å². The van der Waals surface area contributed by atoms with Gasteiger partial charge in [-0.25, -0.2) is 0 Å². The number of carbonyl (C=O) groups is 5. The van der Waals surface area contributed by atoms with E-state index in [9.17, 15) is 24.0 Å². The molecule has 0 fully saturated rings. The Morgan fingerprint density at radius 1 is 0.491 bits per heavy atom. The molecular weight excluding hydrogens is 712 g/mol. The van der Waals surface area contributed by atoms with Crippen LogP contribution in [-0.2, 0) is 42.9 Å². The number of carbonyl (C=O) groups excluding carboxylic acids is 5. The first-order valence-electron chi connectivity index (χ1n) is 20.3. The average Bonchev–Trinajstić information content (AvgIpc) is 3.16. The van der Waals surface area contributed by atoms with Crippen LogP contribution in [0.4, 0.5) is 0 Å². The molecule has 55 heavy (non-hydrogen) atoms. The minimum absolute atomic E-state index is 0.00271. The molecule has 1 atom stereocenters. The third-order valence-electron chi connectivity index (χ3n) is 8.62. The lowest BCUT2D eigenvalue weighted by atomic mass is 10.0. The van der Waals surface area contributed by atoms with Crippen LogP contribution in [0, 0.1) is 0 Å². The molecule has 17 heteroatoms. The van der Waals surface area contributed by atoms with Gasteiger partial charge in [0.2, 0.25) is 29.5 Å². The Hall–Kier alpha value is -2.93. The Morgan fingerprint density at radius 3 is 1.20 bits per heavy atom. The Kier molecular flexibility index (Phi) is 34.7. The largest absolute Gasteiger partial charge is 0.380 e. The highest BCUT2D eigenvalue weighted by Crippen LogP contribution is 2.14. The quantitative estimate of drug-likeness (QED) is 0.0397. The highest BCUT2D eigenvalue weighted by Gasteiger charge is 2.34. The summed E-state index contributed by atoms with van der Waals surface area (Å²) in [6, 6.07) is 0. The molecule has 0 aromatic rings. The van der Waals surface area contributed by atoms with Crippen molar-refractivity contribution >= 4 is 29.5 Å². The van der Waals surface area contributed by atoms with Gasteiger partial charge in [0.15, 0.2) is 0 Å². The van der Waals surface area contributed by atoms with E-state index in [1.165, 1.54) is 0 Å². The van der Waals surface area contributed by atoms with E-state index in [0.29, 0.717) is 77.9 Å². The van der Waals surface area contributed by atoms with E-state index < -0.39 is 5.54 Å². The number of hydrogen-bond donors (Lipinski definition) is 8. The van der Waals surface area contributed by atoms with Crippen molar-refractivity contribution in [2.75, 3.05) is 92.6 Å². The first-order valence-corrected chi connectivity index (χ1v) is 20.3. The number of amides is 5. The highest BCUT2D eigenvalue weighted by atomic mass is 16.5. The summed E-state index contributed by atoms with van der Waals surface area (Å²) in [4.78, 5) is 62.0. The molecule has 0 aliphatic carbocycles. The van der Waals surface area contributed by atoms with Crippen LogP contribution >= 0.6 is 0 Å². The molecule has 17 nitrogen and oxygen atoms in total. The molecule has 0 rings (SSSR count). The molecule has 0 aliphatic heterocycles. The maximum atomic E-state index is 13.3. The number of nitrogens with one attached hydrogen (secondary N) is 5. The van der Waals surface area contributed by atoms with Gasteiger partial charge in [-0.1, -0.05) is 38.5 Å². The summed E-state index contributed by atoms with van der Waals surface area (Å²) in [6.07, 6.45) is 10.8. The van der Waals surface area contributed by atoms with E-state index in [2.05, 4.69) is 26.6 Å². The molecule has 0 aliphatic rings. The maximum absolute atomic E-state index is 13.3. The van der Waals surface area contributed by atoms with Crippen LogP contribution in [0.15, 0.2) is 0 Å². The van der Waals surface area contributed by atoms with Crippen molar-refractivity contribution in [2.45, 2.75) is 121 Å². The zero-order valence-corrected chi connectivity index (χ0v) is 34.0. The first kappa shape index (κ1) is 52.1. The van der Waals surface area contributed by atoms with Crippen LogP contribution in [0.3, 0.4) is 0 Å². The summed E-state index contributed by atoms with van der Waals surface area (Å²) in [6.45, 7) is 5.52. The molecule has 0 heterocycles. The number of ether oxygens (including phenoxy) is 4. The smallest absolute Gasteiger partial charge is 0.222 e. The minimum Gasteiger partial charge on any atom is -0.380 e. The van der Waals surface area contributed by atoms with Gasteiger partial charge < -0.3 is 62.7 Å². The summed E-state index contributed by atoms with van der Waals surface area (Å²) in [5.41, 5.74) is 15.4. The van der Waals surface area contributed by atoms with E-state index in [4.69, 9.17) is 36.1 Å². The van der Waals surface area contributed by atoms with Crippen LogP contribution < -0.4 is 43.8 Å². The van der Waals surface area contributed by atoms with E-state index in [1.54, 1.807) is 7.11 Å². The molecule has 0 saturated heterocycles. The monoisotopic (exact) mass is 789 g/mol. The second-order valence-corrected chi connectivity index (χ2v) is 13.9. The molecule has 11 N–H and O–H groups in total. The van der Waals surface area contributed by atoms with Crippen molar-refractivity contribution in [1.29, 1.82) is 0 Å². The highest BCUT2D eigenvalue weighted by molar-refractivity contribution is 5.77. The van der Waals surface area contributed by atoms with E-state index in [0.717, 1.165) is 44.9 Å². The standard InChI is InChI=1S/C38H76N8O9/c1-32(52-2)28-45-33(47)14-9-7-5-3-4-6-8-10-15-37(51)46-38(29-53-25-16-34(48)42-22-11-19-39,30-54-26-17-35(49)43-23-12-20-40)31-55-27-18-36(50)44-24-13-21-41/h32H,3-31,39-41H2,1-2H3,(H,42,48)(H,43,49)(H,44,50)(H,45,47)(H,46,51). The van der Waals surface area contributed by atoms with Gasteiger partial charge in [-0.2, -0.15) is 0 Å². The number of hydrogen-bond acceptors (Lipinski definition) is 12. The Labute approximate surface area is 329 Å². The normalized spacial score (nSPS) is 11.9. The maximum Gasteiger partial charge on any atom is 0.222 e. The van der Waals surface area contributed by atoms with Crippen LogP contribution in [0.2, 0.25) is 0 Å². The summed E-state index contributed by atoms with van der Waals surface area (Å²) < 4.78 is 22.9. The van der Waals surface area contributed by atoms with E-state index >= 15 is 0 Å². The van der Waals surface area contributed by atoms with Crippen molar-refractivity contribution < 1.29 is 42.9 Å². The van der Waals surface area contributed by atoms with Crippen LogP contribution in [0.25, 0.3) is 0 Å². The summed E-state index contributed by atoms with van der Waals surface area (Å²) >= 11 is 0. The fraction of sp³-hybridized carbons (Fsp3) is 0.868. The van der Waals surface area contributed by atoms with Gasteiger partial charge in [-0.15, -0.1) is 0 Å². The minimum atomic E-state index is -1.14. The van der Waals surface area contributed by atoms with Gasteiger partial charge in [-0.05, 0) is 58.7 Å². The average molecular weight is 789 g/mol. The fourth-order valence-corrected chi connectivity index (χ4v) is 5.20. The first-order chi connectivity index (χ1) is 26.6. The van der Waals surface area contributed by atoms with Gasteiger partial charge in [-0.3, -0.25) is 24.0 Å². The molecule has 0 saturated carbocycles. The lowest BCUT2D eigenvalue weighted by molar-refractivity contribution is -0.130. The zero-order chi connectivity index (χ0) is 40.8. The zero-order valence-electron chi connectivity index (χ0n) is 34.0. The SMILES string of the molecule is COC(C)CNC(=O)CCCCCCCCCCC(=O)NC(COCCC(=O)NCCCN)(COCCC(=O)NCCCN)COCCC(=O)NCCCN. The predicted molar refractivity (Wildman–Crippen MR) is 213 cm³/mol. The molecule has 1 unspecified atom stereocenters. The van der Waals surface area contributed by atoms with Gasteiger partial charge in [0.25, 0.3) is 0 Å². The molecule has 5 amide bonds. The summed E-state index contributed by atoms with van der Waals surface area (Å²) in [5, 5.41) is 14.3. The fourth-order valence-electron chi connectivity index (χ4n) is 5.20. The number of nitrogens with two attached hydrogens (primary N) is 3. The van der Waals surface area contributed by atoms with Crippen LogP contribution in [0.5, 0.6) is 0 Å². The molecule has 0 aromatic carbocycles. The molecule has 0 spiro atoms. The Balaban J connectivity index is 5.15. The van der Waals surface area contributed by atoms with Gasteiger partial charge in [0, 0.05) is 65.4 Å². The molecule has 0 aromatic heterocycles. The molecule has 0 radical (unpaired) electrons.